The first-order chi connectivity index (χ1) is 8.94. The van der Waals surface area contributed by atoms with Gasteiger partial charge in [-0.3, -0.25) is 4.98 Å². The lowest BCUT2D eigenvalue weighted by atomic mass is 10.1. The first kappa shape index (κ1) is 14.6. The van der Waals surface area contributed by atoms with Crippen LogP contribution >= 0.6 is 31.9 Å². The van der Waals surface area contributed by atoms with Crippen molar-refractivity contribution >= 4 is 31.9 Å². The van der Waals surface area contributed by atoms with Crippen molar-refractivity contribution in [2.45, 2.75) is 26.3 Å². The third-order valence-electron chi connectivity index (χ3n) is 2.60. The second-order valence-electron chi connectivity index (χ2n) is 4.56. The largest absolute Gasteiger partial charge is 0.337 e. The number of nitrogens with zero attached hydrogens (tertiary/aromatic N) is 3. The first-order valence-corrected chi connectivity index (χ1v) is 7.43. The predicted octanol–water partition coefficient (Wildman–Crippen LogP) is 3.50. The van der Waals surface area contributed by atoms with E-state index in [2.05, 4.69) is 52.3 Å². The topological polar surface area (TPSA) is 63.8 Å². The van der Waals surface area contributed by atoms with Gasteiger partial charge in [0.2, 0.25) is 11.7 Å². The summed E-state index contributed by atoms with van der Waals surface area (Å²) in [5, 5.41) is 7.28. The van der Waals surface area contributed by atoms with Gasteiger partial charge in [-0.15, -0.1) is 0 Å². The molecule has 0 unspecified atom stereocenters. The highest BCUT2D eigenvalue weighted by atomic mass is 79.9. The van der Waals surface area contributed by atoms with Gasteiger partial charge in [0.1, 0.15) is 5.69 Å². The van der Waals surface area contributed by atoms with E-state index in [1.807, 2.05) is 26.8 Å². The quantitative estimate of drug-likeness (QED) is 0.866. The van der Waals surface area contributed by atoms with Crippen molar-refractivity contribution in [2.24, 2.45) is 0 Å². The Balaban J connectivity index is 2.35. The van der Waals surface area contributed by atoms with E-state index in [-0.39, 0.29) is 5.54 Å². The third-order valence-corrected chi connectivity index (χ3v) is 3.64. The van der Waals surface area contributed by atoms with Crippen LogP contribution in [0.15, 0.2) is 25.7 Å². The van der Waals surface area contributed by atoms with Crippen LogP contribution in [0.2, 0.25) is 0 Å². The van der Waals surface area contributed by atoms with Gasteiger partial charge in [0.15, 0.2) is 0 Å². The van der Waals surface area contributed by atoms with Crippen molar-refractivity contribution in [3.8, 4) is 11.5 Å². The molecule has 7 heteroatoms. The van der Waals surface area contributed by atoms with E-state index in [4.69, 9.17) is 4.52 Å². The Morgan fingerprint density at radius 1 is 1.37 bits per heavy atom. The lowest BCUT2D eigenvalue weighted by Gasteiger charge is -2.20. The Labute approximate surface area is 128 Å². The van der Waals surface area contributed by atoms with Crippen LogP contribution in [0.25, 0.3) is 11.5 Å². The van der Waals surface area contributed by atoms with Crippen LogP contribution in [0, 0.1) is 0 Å². The Morgan fingerprint density at radius 3 is 2.74 bits per heavy atom. The van der Waals surface area contributed by atoms with Crippen molar-refractivity contribution in [3.63, 3.8) is 0 Å². The standard InChI is InChI=1S/C12H14Br2N4O/c1-4-16-12(2,3)11-17-10(18-19-11)9-8(14)5-7(13)6-15-9/h5-6,16H,4H2,1-3H3. The maximum atomic E-state index is 5.33. The summed E-state index contributed by atoms with van der Waals surface area (Å²) in [5.41, 5.74) is 0.299. The van der Waals surface area contributed by atoms with E-state index >= 15 is 0 Å². The lowest BCUT2D eigenvalue weighted by molar-refractivity contribution is 0.272. The fourth-order valence-corrected chi connectivity index (χ4v) is 2.83. The van der Waals surface area contributed by atoms with Crippen LogP contribution in [0.4, 0.5) is 0 Å². The van der Waals surface area contributed by atoms with Gasteiger partial charge in [0.25, 0.3) is 0 Å². The second-order valence-corrected chi connectivity index (χ2v) is 6.33. The first-order valence-electron chi connectivity index (χ1n) is 5.84. The Bertz CT molecular complexity index is 583. The molecule has 0 aliphatic rings. The molecule has 0 fully saturated rings. The molecule has 0 radical (unpaired) electrons. The van der Waals surface area contributed by atoms with Gasteiger partial charge in [0, 0.05) is 15.1 Å². The Morgan fingerprint density at radius 2 is 2.11 bits per heavy atom. The summed E-state index contributed by atoms with van der Waals surface area (Å²) in [6, 6.07) is 1.90. The van der Waals surface area contributed by atoms with E-state index in [1.165, 1.54) is 0 Å². The molecule has 0 atom stereocenters. The van der Waals surface area contributed by atoms with Crippen LogP contribution in [0.5, 0.6) is 0 Å². The Hall–Kier alpha value is -0.790. The lowest BCUT2D eigenvalue weighted by Crippen LogP contribution is -2.36. The highest BCUT2D eigenvalue weighted by Crippen LogP contribution is 2.28. The normalized spacial score (nSPS) is 11.8. The summed E-state index contributed by atoms with van der Waals surface area (Å²) in [7, 11) is 0. The van der Waals surface area contributed by atoms with Gasteiger partial charge < -0.3 is 9.84 Å². The van der Waals surface area contributed by atoms with Gasteiger partial charge in [-0.05, 0) is 58.3 Å². The Kier molecular flexibility index (Phi) is 4.37. The van der Waals surface area contributed by atoms with E-state index < -0.39 is 0 Å². The maximum Gasteiger partial charge on any atom is 0.246 e. The molecule has 19 heavy (non-hydrogen) atoms. The van der Waals surface area contributed by atoms with Crippen LogP contribution in [-0.2, 0) is 5.54 Å². The summed E-state index contributed by atoms with van der Waals surface area (Å²) in [6.45, 7) is 6.85. The highest BCUT2D eigenvalue weighted by Gasteiger charge is 2.27. The zero-order chi connectivity index (χ0) is 14.0. The molecule has 102 valence electrons. The minimum Gasteiger partial charge on any atom is -0.337 e. The van der Waals surface area contributed by atoms with Crippen molar-refractivity contribution in [1.29, 1.82) is 0 Å². The second kappa shape index (κ2) is 5.68. The SMILES string of the molecule is CCNC(C)(C)c1nc(-c2ncc(Br)cc2Br)no1. The molecule has 0 bridgehead atoms. The molecule has 0 aromatic carbocycles. The molecule has 0 aliphatic heterocycles. The molecule has 2 aromatic heterocycles. The number of pyridine rings is 1. The van der Waals surface area contributed by atoms with Gasteiger partial charge in [-0.2, -0.15) is 4.98 Å². The molecule has 2 rings (SSSR count). The zero-order valence-electron chi connectivity index (χ0n) is 10.9. The molecular weight excluding hydrogens is 376 g/mol. The van der Waals surface area contributed by atoms with Crippen LogP contribution in [0.1, 0.15) is 26.7 Å². The smallest absolute Gasteiger partial charge is 0.246 e. The molecular formula is C12H14Br2N4O. The van der Waals surface area contributed by atoms with Crippen molar-refractivity contribution < 1.29 is 4.52 Å². The van der Waals surface area contributed by atoms with E-state index in [0.29, 0.717) is 17.4 Å². The molecule has 1 N–H and O–H groups in total. The van der Waals surface area contributed by atoms with E-state index in [1.54, 1.807) is 6.20 Å². The summed E-state index contributed by atoms with van der Waals surface area (Å²) >= 11 is 6.80. The van der Waals surface area contributed by atoms with Gasteiger partial charge in [-0.25, -0.2) is 0 Å². The van der Waals surface area contributed by atoms with Gasteiger partial charge >= 0.3 is 0 Å². The highest BCUT2D eigenvalue weighted by molar-refractivity contribution is 9.11. The number of hydrogen-bond donors (Lipinski definition) is 1. The number of halogens is 2. The van der Waals surface area contributed by atoms with Crippen molar-refractivity contribution in [2.75, 3.05) is 6.54 Å². The monoisotopic (exact) mass is 388 g/mol. The molecule has 2 heterocycles. The van der Waals surface area contributed by atoms with Crippen molar-refractivity contribution in [1.82, 2.24) is 20.4 Å². The van der Waals surface area contributed by atoms with E-state index in [0.717, 1.165) is 15.5 Å². The van der Waals surface area contributed by atoms with Crippen LogP contribution in [-0.4, -0.2) is 21.7 Å². The number of hydrogen-bond acceptors (Lipinski definition) is 5. The van der Waals surface area contributed by atoms with E-state index in [9.17, 15) is 0 Å². The average molecular weight is 390 g/mol. The molecule has 2 aromatic rings. The summed E-state index contributed by atoms with van der Waals surface area (Å²) < 4.78 is 7.03. The zero-order valence-corrected chi connectivity index (χ0v) is 14.0. The van der Waals surface area contributed by atoms with Crippen LogP contribution < -0.4 is 5.32 Å². The summed E-state index contributed by atoms with van der Waals surface area (Å²) in [5.74, 6) is 1.02. The fourth-order valence-electron chi connectivity index (χ4n) is 1.67. The molecule has 0 aliphatic carbocycles. The minimum atomic E-state index is -0.359. The summed E-state index contributed by atoms with van der Waals surface area (Å²) in [4.78, 5) is 8.70. The predicted molar refractivity (Wildman–Crippen MR) is 79.6 cm³/mol. The molecule has 0 amide bonds. The van der Waals surface area contributed by atoms with Gasteiger partial charge in [0.05, 0.1) is 5.54 Å². The molecule has 5 nitrogen and oxygen atoms in total. The molecule has 0 saturated heterocycles. The number of aromatic nitrogens is 3. The summed E-state index contributed by atoms with van der Waals surface area (Å²) in [6.07, 6.45) is 1.70. The van der Waals surface area contributed by atoms with Crippen LogP contribution in [0.3, 0.4) is 0 Å². The molecule has 0 spiro atoms. The van der Waals surface area contributed by atoms with Gasteiger partial charge in [-0.1, -0.05) is 12.1 Å². The van der Waals surface area contributed by atoms with Crippen molar-refractivity contribution in [3.05, 3.63) is 27.1 Å². The maximum absolute atomic E-state index is 5.33. The number of rotatable bonds is 4. The average Bonchev–Trinajstić information content (AvgIpc) is 2.78. The minimum absolute atomic E-state index is 0.359. The molecule has 0 saturated carbocycles. The fraction of sp³-hybridized carbons (Fsp3) is 0.417. The number of nitrogens with one attached hydrogen (secondary N) is 1. The third kappa shape index (κ3) is 3.21.